The number of carbonyl (C=O) groups is 2. The van der Waals surface area contributed by atoms with E-state index in [0.717, 1.165) is 50.5 Å². The van der Waals surface area contributed by atoms with Crippen LogP contribution in [0.1, 0.15) is 112 Å². The molecule has 5 N–H and O–H groups in total. The van der Waals surface area contributed by atoms with Crippen LogP contribution in [0, 0.1) is 34.5 Å². The molecule has 0 aromatic carbocycles. The van der Waals surface area contributed by atoms with E-state index in [9.17, 15) is 35.1 Å². The summed E-state index contributed by atoms with van der Waals surface area (Å²) in [6, 6.07) is 0. The molecule has 58 heavy (non-hydrogen) atoms. The van der Waals surface area contributed by atoms with Crippen LogP contribution in [-0.2, 0) is 47.5 Å². The van der Waals surface area contributed by atoms with Crippen LogP contribution < -0.4 is 0 Å². The lowest BCUT2D eigenvalue weighted by molar-refractivity contribution is -0.336. The summed E-state index contributed by atoms with van der Waals surface area (Å²) in [5.74, 6) is -0.330. The Morgan fingerprint density at radius 2 is 1.36 bits per heavy atom. The second-order valence-electron chi connectivity index (χ2n) is 19.5. The third-order valence-electron chi connectivity index (χ3n) is 16.1. The van der Waals surface area contributed by atoms with E-state index >= 15 is 0 Å². The smallest absolute Gasteiger partial charge is 0.331 e. The summed E-state index contributed by atoms with van der Waals surface area (Å²) in [5.41, 5.74) is -0.805. The Hall–Kier alpha value is -1.76. The van der Waals surface area contributed by atoms with Crippen LogP contribution in [0.4, 0.5) is 0 Å². The number of aliphatic hydroxyl groups is 5. The minimum atomic E-state index is -1.05. The predicted molar refractivity (Wildman–Crippen MR) is 202 cm³/mol. The molecule has 8 rings (SSSR count). The molecule has 7 fully saturated rings. The maximum absolute atomic E-state index is 12.8. The average molecular weight is 823 g/mol. The molecule has 15 heteroatoms. The Morgan fingerprint density at radius 3 is 1.93 bits per heavy atom. The molecule has 0 bridgehead atoms. The lowest BCUT2D eigenvalue weighted by Crippen LogP contribution is -2.62. The first-order chi connectivity index (χ1) is 27.4. The van der Waals surface area contributed by atoms with Gasteiger partial charge in [0.05, 0.1) is 48.3 Å². The molecular weight excluding hydrogens is 756 g/mol. The number of esters is 2. The van der Waals surface area contributed by atoms with Gasteiger partial charge in [-0.25, -0.2) is 4.79 Å². The zero-order valence-electron chi connectivity index (χ0n) is 34.8. The Morgan fingerprint density at radius 1 is 0.759 bits per heavy atom. The van der Waals surface area contributed by atoms with Gasteiger partial charge in [-0.05, 0) is 94.5 Å². The third kappa shape index (κ3) is 7.60. The van der Waals surface area contributed by atoms with Crippen molar-refractivity contribution in [3.8, 4) is 0 Å². The highest BCUT2D eigenvalue weighted by molar-refractivity contribution is 5.85. The number of fused-ring (bicyclic) bond motifs is 5. The van der Waals surface area contributed by atoms with Crippen LogP contribution in [-0.4, -0.2) is 136 Å². The van der Waals surface area contributed by atoms with Gasteiger partial charge in [0.15, 0.2) is 18.9 Å². The highest BCUT2D eigenvalue weighted by atomic mass is 16.7. The van der Waals surface area contributed by atoms with Crippen molar-refractivity contribution in [1.29, 1.82) is 0 Å². The van der Waals surface area contributed by atoms with Crippen molar-refractivity contribution in [3.05, 3.63) is 11.6 Å². The van der Waals surface area contributed by atoms with Crippen molar-refractivity contribution in [3.63, 3.8) is 0 Å². The SMILES string of the molecule is CC(=O)O[C@@H]1C[C@]2(O)[C@@H]3CC[C@@H]4C[C@H](O[C@@H]5C[C@H](O)[C@H](O[C@@H]6C[C@H](O)[C@H](O[C@@H]7C[C@H](O)[C@H](O)[C@H](C)O7)[C@H](C)O6)[C@H](C)O5)CC[C@]4(C)[C@H]3CC[C@@]2(C)[C@@H]1C1=CC(=O)OC1. The molecule has 15 nitrogen and oxygen atoms in total. The molecular formula is C43H66O15. The molecule has 4 aliphatic heterocycles. The summed E-state index contributed by atoms with van der Waals surface area (Å²) in [6.07, 6.45) is -1.36. The fourth-order valence-corrected chi connectivity index (χ4v) is 13.2. The molecule has 328 valence electrons. The molecule has 21 atom stereocenters. The molecule has 3 saturated heterocycles. The third-order valence-corrected chi connectivity index (χ3v) is 16.1. The fraction of sp³-hybridized carbons (Fsp3) is 0.907. The zero-order chi connectivity index (χ0) is 41.5. The van der Waals surface area contributed by atoms with E-state index < -0.39 is 90.9 Å². The molecule has 0 unspecified atom stereocenters. The molecule has 0 aromatic heterocycles. The maximum atomic E-state index is 12.8. The number of hydrogen-bond acceptors (Lipinski definition) is 15. The minimum absolute atomic E-state index is 0.00291. The molecule has 4 heterocycles. The summed E-state index contributed by atoms with van der Waals surface area (Å²) in [6.45, 7) is 11.3. The summed E-state index contributed by atoms with van der Waals surface area (Å²) in [5, 5.41) is 55.4. The van der Waals surface area contributed by atoms with Crippen LogP contribution in [0.15, 0.2) is 11.6 Å². The number of hydrogen-bond donors (Lipinski definition) is 5. The van der Waals surface area contributed by atoms with Gasteiger partial charge in [0, 0.05) is 50.0 Å². The standard InChI is InChI=1S/C43H66O15/c1-20-38(49)29(45)15-35(52-20)57-40-22(3)54-36(17-31(40)47)58-39-21(2)53-34(16-30(39)46)56-26-9-11-41(5)25(14-26)7-8-28-27(41)10-12-42(6)37(24-13-33(48)51-19-24)32(55-23(4)44)18-43(28,42)50/h13,20-22,25-32,34-40,45-47,49-50H,7-12,14-19H2,1-6H3/t20-,21-,22-,25+,26+,27-,28+,29-,30-,31-,32+,34+,35+,36+,37+,38+,39+,40+,41-,42-,43-/m0/s1. The Balaban J connectivity index is 0.848. The number of rotatable bonds is 8. The molecule has 0 radical (unpaired) electrons. The molecule has 0 amide bonds. The largest absolute Gasteiger partial charge is 0.462 e. The fourth-order valence-electron chi connectivity index (χ4n) is 13.2. The van der Waals surface area contributed by atoms with Crippen molar-refractivity contribution >= 4 is 11.9 Å². The van der Waals surface area contributed by atoms with E-state index in [1.54, 1.807) is 13.8 Å². The molecule has 4 saturated carbocycles. The normalized spacial score (nSPS) is 53.2. The Labute approximate surface area is 341 Å². The van der Waals surface area contributed by atoms with Gasteiger partial charge in [-0.3, -0.25) is 4.79 Å². The Bertz CT molecular complexity index is 1520. The van der Waals surface area contributed by atoms with Gasteiger partial charge < -0.3 is 63.4 Å². The van der Waals surface area contributed by atoms with E-state index in [2.05, 4.69) is 13.8 Å². The van der Waals surface area contributed by atoms with E-state index in [4.69, 9.17) is 37.9 Å². The lowest BCUT2D eigenvalue weighted by Gasteiger charge is -2.63. The van der Waals surface area contributed by atoms with Gasteiger partial charge in [0.25, 0.3) is 0 Å². The molecule has 4 aliphatic carbocycles. The van der Waals surface area contributed by atoms with Crippen LogP contribution in [0.2, 0.25) is 0 Å². The van der Waals surface area contributed by atoms with E-state index in [-0.39, 0.29) is 61.2 Å². The van der Waals surface area contributed by atoms with Crippen LogP contribution in [0.25, 0.3) is 0 Å². The number of ether oxygens (including phenoxy) is 8. The number of carbonyl (C=O) groups excluding carboxylic acids is 2. The van der Waals surface area contributed by atoms with Crippen molar-refractivity contribution < 1.29 is 73.0 Å². The van der Waals surface area contributed by atoms with Crippen molar-refractivity contribution in [2.45, 2.75) is 204 Å². The highest BCUT2D eigenvalue weighted by Gasteiger charge is 2.71. The first kappa shape index (κ1) is 42.9. The van der Waals surface area contributed by atoms with Crippen molar-refractivity contribution in [2.75, 3.05) is 6.61 Å². The zero-order valence-corrected chi connectivity index (χ0v) is 34.8. The van der Waals surface area contributed by atoms with Crippen LogP contribution in [0.3, 0.4) is 0 Å². The van der Waals surface area contributed by atoms with Gasteiger partial charge >= 0.3 is 11.9 Å². The summed E-state index contributed by atoms with van der Waals surface area (Å²) >= 11 is 0. The number of cyclic esters (lactones) is 1. The molecule has 0 spiro atoms. The van der Waals surface area contributed by atoms with Gasteiger partial charge in [-0.15, -0.1) is 0 Å². The van der Waals surface area contributed by atoms with Crippen molar-refractivity contribution in [1.82, 2.24) is 0 Å². The summed E-state index contributed by atoms with van der Waals surface area (Å²) in [7, 11) is 0. The Kier molecular flexibility index (Phi) is 12.0. The highest BCUT2D eigenvalue weighted by Crippen LogP contribution is 2.70. The van der Waals surface area contributed by atoms with Gasteiger partial charge in [-0.2, -0.15) is 0 Å². The van der Waals surface area contributed by atoms with Crippen molar-refractivity contribution in [2.24, 2.45) is 34.5 Å². The average Bonchev–Trinajstić information content (AvgIpc) is 3.66. The minimum Gasteiger partial charge on any atom is -0.462 e. The van der Waals surface area contributed by atoms with E-state index in [1.165, 1.54) is 13.0 Å². The summed E-state index contributed by atoms with van der Waals surface area (Å²) < 4.78 is 48.1. The summed E-state index contributed by atoms with van der Waals surface area (Å²) in [4.78, 5) is 24.4. The molecule has 8 aliphatic rings. The van der Waals surface area contributed by atoms with Crippen LogP contribution >= 0.6 is 0 Å². The van der Waals surface area contributed by atoms with E-state index in [0.29, 0.717) is 18.3 Å². The maximum Gasteiger partial charge on any atom is 0.331 e. The second-order valence-corrected chi connectivity index (χ2v) is 19.5. The first-order valence-electron chi connectivity index (χ1n) is 21.8. The topological polar surface area (TPSA) is 209 Å². The quantitative estimate of drug-likeness (QED) is 0.176. The first-order valence-corrected chi connectivity index (χ1v) is 21.8. The monoisotopic (exact) mass is 822 g/mol. The van der Waals surface area contributed by atoms with Gasteiger partial charge in [0.1, 0.15) is 31.0 Å². The number of aliphatic hydroxyl groups excluding tert-OH is 4. The van der Waals surface area contributed by atoms with Crippen LogP contribution in [0.5, 0.6) is 0 Å². The lowest BCUT2D eigenvalue weighted by atomic mass is 9.43. The van der Waals surface area contributed by atoms with Gasteiger partial charge in [0.2, 0.25) is 0 Å². The second kappa shape index (κ2) is 16.2. The predicted octanol–water partition coefficient (Wildman–Crippen LogP) is 2.79. The van der Waals surface area contributed by atoms with E-state index in [1.807, 2.05) is 6.92 Å². The van der Waals surface area contributed by atoms with Gasteiger partial charge in [-0.1, -0.05) is 13.8 Å². The molecule has 0 aromatic rings.